The van der Waals surface area contributed by atoms with Gasteiger partial charge in [-0.15, -0.1) is 0 Å². The second-order valence-corrected chi connectivity index (χ2v) is 4.73. The molecular weight excluding hydrogens is 230 g/mol. The Balaban J connectivity index is 2.65. The van der Waals surface area contributed by atoms with Gasteiger partial charge in [-0.3, -0.25) is 9.88 Å². The summed E-state index contributed by atoms with van der Waals surface area (Å²) < 4.78 is 4.90. The molecule has 0 aliphatic heterocycles. The molecule has 18 heavy (non-hydrogen) atoms. The van der Waals surface area contributed by atoms with Crippen molar-refractivity contribution in [3.05, 3.63) is 23.0 Å². The van der Waals surface area contributed by atoms with Crippen LogP contribution in [0.15, 0.2) is 6.20 Å². The van der Waals surface area contributed by atoms with Crippen LogP contribution in [0.4, 0.5) is 5.69 Å². The van der Waals surface area contributed by atoms with Crippen LogP contribution in [-0.4, -0.2) is 48.4 Å². The third-order valence-corrected chi connectivity index (χ3v) is 2.98. The number of nitrogens with zero attached hydrogens (tertiary/aromatic N) is 2. The van der Waals surface area contributed by atoms with Crippen molar-refractivity contribution in [2.24, 2.45) is 0 Å². The minimum absolute atomic E-state index is 0.340. The van der Waals surface area contributed by atoms with Crippen LogP contribution in [0.5, 0.6) is 0 Å². The molecule has 1 heterocycles. The highest BCUT2D eigenvalue weighted by molar-refractivity contribution is 5.53. The van der Waals surface area contributed by atoms with Crippen LogP contribution in [0.1, 0.15) is 16.8 Å². The van der Waals surface area contributed by atoms with Crippen molar-refractivity contribution >= 4 is 5.69 Å². The fourth-order valence-corrected chi connectivity index (χ4v) is 1.88. The van der Waals surface area contributed by atoms with E-state index < -0.39 is 6.10 Å². The first-order valence-corrected chi connectivity index (χ1v) is 6.01. The second-order valence-electron chi connectivity index (χ2n) is 4.73. The van der Waals surface area contributed by atoms with E-state index in [1.165, 1.54) is 0 Å². The van der Waals surface area contributed by atoms with Gasteiger partial charge < -0.3 is 15.6 Å². The molecule has 3 N–H and O–H groups in total. The van der Waals surface area contributed by atoms with Gasteiger partial charge in [-0.2, -0.15) is 0 Å². The zero-order valence-corrected chi connectivity index (χ0v) is 11.6. The highest BCUT2D eigenvalue weighted by Crippen LogP contribution is 2.18. The van der Waals surface area contributed by atoms with Gasteiger partial charge >= 0.3 is 0 Å². The normalized spacial score (nSPS) is 13.0. The number of ether oxygens (including phenoxy) is 1. The summed E-state index contributed by atoms with van der Waals surface area (Å²) in [6, 6.07) is 0. The van der Waals surface area contributed by atoms with E-state index in [4.69, 9.17) is 10.5 Å². The fourth-order valence-electron chi connectivity index (χ4n) is 1.88. The van der Waals surface area contributed by atoms with Crippen molar-refractivity contribution in [3.8, 4) is 0 Å². The molecule has 1 atom stereocenters. The molecule has 0 spiro atoms. The van der Waals surface area contributed by atoms with Crippen molar-refractivity contribution in [1.82, 2.24) is 9.88 Å². The molecule has 0 bridgehead atoms. The number of pyridine rings is 1. The molecule has 0 saturated carbocycles. The standard InChI is InChI=1S/C13H23N3O2/c1-9-5-15-12(10(2)13(9)14)7-16(3)6-11(17)8-18-4/h5,11,17H,6-8H2,1-4H3,(H2,14,15). The predicted octanol–water partition coefficient (Wildman–Crippen LogP) is 0.720. The van der Waals surface area contributed by atoms with Crippen molar-refractivity contribution in [1.29, 1.82) is 0 Å². The van der Waals surface area contributed by atoms with Crippen molar-refractivity contribution < 1.29 is 9.84 Å². The molecule has 0 amide bonds. The number of anilines is 1. The zero-order valence-electron chi connectivity index (χ0n) is 11.6. The van der Waals surface area contributed by atoms with Gasteiger partial charge in [0.05, 0.1) is 18.4 Å². The molecule has 5 heteroatoms. The number of hydrogen-bond acceptors (Lipinski definition) is 5. The number of aryl methyl sites for hydroxylation is 1. The number of likely N-dealkylation sites (N-methyl/N-ethyl adjacent to an activating group) is 1. The monoisotopic (exact) mass is 253 g/mol. The van der Waals surface area contributed by atoms with Gasteiger partial charge in [0.1, 0.15) is 0 Å². The third kappa shape index (κ3) is 3.94. The summed E-state index contributed by atoms with van der Waals surface area (Å²) in [4.78, 5) is 6.41. The van der Waals surface area contributed by atoms with Crippen LogP contribution in [0, 0.1) is 13.8 Å². The highest BCUT2D eigenvalue weighted by Gasteiger charge is 2.12. The maximum Gasteiger partial charge on any atom is 0.0900 e. The van der Waals surface area contributed by atoms with Gasteiger partial charge in [0, 0.05) is 32.1 Å². The number of aliphatic hydroxyl groups is 1. The summed E-state index contributed by atoms with van der Waals surface area (Å²) in [5, 5.41) is 9.65. The molecule has 102 valence electrons. The van der Waals surface area contributed by atoms with E-state index >= 15 is 0 Å². The van der Waals surface area contributed by atoms with Gasteiger partial charge in [0.25, 0.3) is 0 Å². The number of aromatic nitrogens is 1. The van der Waals surface area contributed by atoms with Crippen molar-refractivity contribution in [2.45, 2.75) is 26.5 Å². The van der Waals surface area contributed by atoms with Gasteiger partial charge in [-0.05, 0) is 32.0 Å². The van der Waals surface area contributed by atoms with Crippen LogP contribution in [0.25, 0.3) is 0 Å². The number of nitrogens with two attached hydrogens (primary N) is 1. The van der Waals surface area contributed by atoms with E-state index in [9.17, 15) is 5.11 Å². The largest absolute Gasteiger partial charge is 0.398 e. The summed E-state index contributed by atoms with van der Waals surface area (Å²) >= 11 is 0. The Morgan fingerprint density at radius 3 is 2.78 bits per heavy atom. The van der Waals surface area contributed by atoms with E-state index in [0.717, 1.165) is 22.5 Å². The quantitative estimate of drug-likeness (QED) is 0.781. The zero-order chi connectivity index (χ0) is 13.7. The second kappa shape index (κ2) is 6.68. The first kappa shape index (κ1) is 14.9. The summed E-state index contributed by atoms with van der Waals surface area (Å²) in [5.41, 5.74) is 9.74. The molecule has 1 rings (SSSR count). The molecule has 1 unspecified atom stereocenters. The maximum atomic E-state index is 9.65. The fraction of sp³-hybridized carbons (Fsp3) is 0.615. The summed E-state index contributed by atoms with van der Waals surface area (Å²) in [6.45, 7) is 5.47. The average molecular weight is 253 g/mol. The van der Waals surface area contributed by atoms with E-state index in [1.807, 2.05) is 25.8 Å². The summed E-state index contributed by atoms with van der Waals surface area (Å²) in [7, 11) is 3.52. The Labute approximate surface area is 109 Å². The first-order chi connectivity index (χ1) is 8.45. The Kier molecular flexibility index (Phi) is 5.53. The lowest BCUT2D eigenvalue weighted by atomic mass is 10.1. The smallest absolute Gasteiger partial charge is 0.0900 e. The van der Waals surface area contributed by atoms with Crippen LogP contribution in [-0.2, 0) is 11.3 Å². The molecule has 0 aliphatic carbocycles. The number of hydrogen-bond donors (Lipinski definition) is 2. The van der Waals surface area contributed by atoms with Gasteiger partial charge in [0.2, 0.25) is 0 Å². The highest BCUT2D eigenvalue weighted by atomic mass is 16.5. The topological polar surface area (TPSA) is 71.6 Å². The number of nitrogen functional groups attached to an aromatic ring is 1. The lowest BCUT2D eigenvalue weighted by Gasteiger charge is -2.21. The Morgan fingerprint density at radius 1 is 1.50 bits per heavy atom. The van der Waals surface area contributed by atoms with E-state index in [1.54, 1.807) is 13.3 Å². The number of aliphatic hydroxyl groups excluding tert-OH is 1. The molecule has 1 aromatic rings. The van der Waals surface area contributed by atoms with E-state index in [0.29, 0.717) is 19.7 Å². The Morgan fingerprint density at radius 2 is 2.17 bits per heavy atom. The molecule has 0 saturated heterocycles. The summed E-state index contributed by atoms with van der Waals surface area (Å²) in [6.07, 6.45) is 1.31. The minimum atomic E-state index is -0.483. The number of rotatable bonds is 6. The molecule has 0 aliphatic rings. The van der Waals surface area contributed by atoms with Gasteiger partial charge in [0.15, 0.2) is 0 Å². The average Bonchev–Trinajstić information content (AvgIpc) is 2.30. The lowest BCUT2D eigenvalue weighted by Crippen LogP contribution is -2.32. The molecule has 0 fully saturated rings. The molecule has 5 nitrogen and oxygen atoms in total. The van der Waals surface area contributed by atoms with Crippen LogP contribution < -0.4 is 5.73 Å². The molecule has 0 aromatic carbocycles. The molecular formula is C13H23N3O2. The SMILES string of the molecule is COCC(O)CN(C)Cc1ncc(C)c(N)c1C. The Hall–Kier alpha value is -1.17. The first-order valence-electron chi connectivity index (χ1n) is 6.01. The molecule has 1 aromatic heterocycles. The van der Waals surface area contributed by atoms with Crippen molar-refractivity contribution in [3.63, 3.8) is 0 Å². The number of methoxy groups -OCH3 is 1. The van der Waals surface area contributed by atoms with Crippen molar-refractivity contribution in [2.75, 3.05) is 33.0 Å². The van der Waals surface area contributed by atoms with Crippen LogP contribution in [0.3, 0.4) is 0 Å². The molecule has 0 radical (unpaired) electrons. The van der Waals surface area contributed by atoms with Crippen LogP contribution in [0.2, 0.25) is 0 Å². The van der Waals surface area contributed by atoms with E-state index in [2.05, 4.69) is 4.98 Å². The third-order valence-electron chi connectivity index (χ3n) is 2.98. The summed E-state index contributed by atoms with van der Waals surface area (Å²) in [5.74, 6) is 0. The Bertz CT molecular complexity index is 396. The van der Waals surface area contributed by atoms with Gasteiger partial charge in [-0.1, -0.05) is 0 Å². The van der Waals surface area contributed by atoms with Gasteiger partial charge in [-0.25, -0.2) is 0 Å². The predicted molar refractivity (Wildman–Crippen MR) is 72.3 cm³/mol. The minimum Gasteiger partial charge on any atom is -0.398 e. The lowest BCUT2D eigenvalue weighted by molar-refractivity contribution is 0.0416. The maximum absolute atomic E-state index is 9.65. The van der Waals surface area contributed by atoms with E-state index in [-0.39, 0.29) is 0 Å². The van der Waals surface area contributed by atoms with Crippen LogP contribution >= 0.6 is 0 Å².